The first-order chi connectivity index (χ1) is 17.2. The lowest BCUT2D eigenvalue weighted by atomic mass is 10.2. The zero-order chi connectivity index (χ0) is 26.8. The number of aryl methyl sites for hydroxylation is 4. The van der Waals surface area contributed by atoms with Gasteiger partial charge in [0, 0.05) is 50.4 Å². The Hall–Kier alpha value is -3.88. The van der Waals surface area contributed by atoms with E-state index in [4.69, 9.17) is 20.9 Å². The third-order valence-corrected chi connectivity index (χ3v) is 4.42. The van der Waals surface area contributed by atoms with Crippen LogP contribution in [0.2, 0.25) is 0 Å². The number of methoxy groups -OCH3 is 2. The average molecular weight is 507 g/mol. The number of nitrogen functional groups attached to an aromatic ring is 2. The van der Waals surface area contributed by atoms with Gasteiger partial charge >= 0.3 is 0 Å². The Morgan fingerprint density at radius 2 is 0.973 bits per heavy atom. The molecule has 0 fully saturated rings. The number of hydrogen-bond donors (Lipinski definition) is 2. The molecule has 4 aromatic rings. The van der Waals surface area contributed by atoms with Crippen molar-refractivity contribution in [3.8, 4) is 0 Å². The Labute approximate surface area is 222 Å². The van der Waals surface area contributed by atoms with Crippen molar-refractivity contribution < 1.29 is 9.47 Å². The van der Waals surface area contributed by atoms with Crippen LogP contribution < -0.4 is 11.5 Å². The van der Waals surface area contributed by atoms with Gasteiger partial charge in [0.15, 0.2) is 0 Å². The molecular formula is C29H42N6O2. The predicted octanol–water partition coefficient (Wildman–Crippen LogP) is 5.65. The molecular weight excluding hydrogens is 464 g/mol. The van der Waals surface area contributed by atoms with E-state index in [1.165, 1.54) is 11.1 Å². The third-order valence-electron chi connectivity index (χ3n) is 4.42. The van der Waals surface area contributed by atoms with Gasteiger partial charge in [-0.25, -0.2) is 9.97 Å². The summed E-state index contributed by atoms with van der Waals surface area (Å²) in [4.78, 5) is 15.8. The van der Waals surface area contributed by atoms with Crippen molar-refractivity contribution in [3.63, 3.8) is 0 Å². The standard InChI is InChI=1S/C8H11NO.C7H10N2O.C7H9N.C6H8N2.CH4/c1-7-5-8(6-10-2)3-4-9-7;1-10-5-6-2-3-9-7(8)4-6;1-6-3-4-8-7(2)5-6;1-5-2-3-8-6(7)4-5;/h3-5H,6H2,1-2H3;2-4H,5H2,1H3,(H2,8,9);3-5H,1-2H3;2-4H,1H3,(H2,7,8);1H4. The molecule has 0 aliphatic carbocycles. The van der Waals surface area contributed by atoms with Crippen LogP contribution in [0.5, 0.6) is 0 Å². The summed E-state index contributed by atoms with van der Waals surface area (Å²) in [5, 5.41) is 0. The molecule has 8 nitrogen and oxygen atoms in total. The monoisotopic (exact) mass is 506 g/mol. The largest absolute Gasteiger partial charge is 0.384 e. The lowest BCUT2D eigenvalue weighted by Gasteiger charge is -1.98. The molecule has 0 atom stereocenters. The second-order valence-corrected chi connectivity index (χ2v) is 7.99. The van der Waals surface area contributed by atoms with E-state index >= 15 is 0 Å². The van der Waals surface area contributed by atoms with Crippen LogP contribution in [0.25, 0.3) is 0 Å². The van der Waals surface area contributed by atoms with Gasteiger partial charge in [-0.05, 0) is 98.5 Å². The molecule has 0 saturated heterocycles. The number of nitrogens with zero attached hydrogens (tertiary/aromatic N) is 4. The molecule has 0 unspecified atom stereocenters. The first-order valence-corrected chi connectivity index (χ1v) is 11.4. The van der Waals surface area contributed by atoms with Gasteiger partial charge in [0.05, 0.1) is 13.2 Å². The fraction of sp³-hybridized carbons (Fsp3) is 0.310. The second kappa shape index (κ2) is 19.3. The maximum Gasteiger partial charge on any atom is 0.123 e. The molecule has 4 rings (SSSR count). The molecule has 0 aliphatic heterocycles. The molecule has 0 aliphatic rings. The normalized spacial score (nSPS) is 9.24. The molecule has 4 aromatic heterocycles. The molecule has 37 heavy (non-hydrogen) atoms. The van der Waals surface area contributed by atoms with E-state index in [0.29, 0.717) is 24.8 Å². The highest BCUT2D eigenvalue weighted by Gasteiger charge is 1.91. The number of ether oxygens (including phenoxy) is 2. The van der Waals surface area contributed by atoms with Crippen molar-refractivity contribution in [3.05, 3.63) is 107 Å². The minimum Gasteiger partial charge on any atom is -0.384 e. The molecule has 0 spiro atoms. The zero-order valence-electron chi connectivity index (χ0n) is 22.1. The minimum atomic E-state index is 0. The van der Waals surface area contributed by atoms with Gasteiger partial charge in [-0.2, -0.15) is 0 Å². The SMILES string of the molecule is C.COCc1ccnc(C)c1.COCc1ccnc(N)c1.Cc1ccnc(C)c1.Cc1ccnc(N)c1. The minimum absolute atomic E-state index is 0. The first-order valence-electron chi connectivity index (χ1n) is 11.4. The van der Waals surface area contributed by atoms with Crippen molar-refractivity contribution in [2.24, 2.45) is 0 Å². The molecule has 0 amide bonds. The second-order valence-electron chi connectivity index (χ2n) is 7.99. The Morgan fingerprint density at radius 1 is 0.568 bits per heavy atom. The Bertz CT molecular complexity index is 1030. The summed E-state index contributed by atoms with van der Waals surface area (Å²) in [5.41, 5.74) is 17.5. The topological polar surface area (TPSA) is 122 Å². The van der Waals surface area contributed by atoms with Crippen LogP contribution in [0.3, 0.4) is 0 Å². The average Bonchev–Trinajstić information content (AvgIpc) is 2.81. The van der Waals surface area contributed by atoms with Gasteiger partial charge in [0.1, 0.15) is 11.6 Å². The summed E-state index contributed by atoms with van der Waals surface area (Å²) in [7, 11) is 3.34. The van der Waals surface area contributed by atoms with Crippen LogP contribution in [0, 0.1) is 27.7 Å². The van der Waals surface area contributed by atoms with E-state index < -0.39 is 0 Å². The quantitative estimate of drug-likeness (QED) is 0.364. The highest BCUT2D eigenvalue weighted by atomic mass is 16.5. The van der Waals surface area contributed by atoms with Crippen molar-refractivity contribution >= 4 is 11.6 Å². The van der Waals surface area contributed by atoms with Gasteiger partial charge in [0.2, 0.25) is 0 Å². The summed E-state index contributed by atoms with van der Waals surface area (Å²) < 4.78 is 9.85. The predicted molar refractivity (Wildman–Crippen MR) is 153 cm³/mol. The van der Waals surface area contributed by atoms with Crippen molar-refractivity contribution in [2.75, 3.05) is 25.7 Å². The molecule has 8 heteroatoms. The number of rotatable bonds is 4. The van der Waals surface area contributed by atoms with Gasteiger partial charge in [0.25, 0.3) is 0 Å². The van der Waals surface area contributed by atoms with Gasteiger partial charge in [-0.3, -0.25) is 9.97 Å². The van der Waals surface area contributed by atoms with E-state index in [-0.39, 0.29) is 7.43 Å². The molecule has 0 radical (unpaired) electrons. The van der Waals surface area contributed by atoms with Crippen molar-refractivity contribution in [1.29, 1.82) is 0 Å². The molecule has 0 aromatic carbocycles. The van der Waals surface area contributed by atoms with Crippen LogP contribution in [0.15, 0.2) is 73.3 Å². The summed E-state index contributed by atoms with van der Waals surface area (Å²) in [6.45, 7) is 9.27. The number of pyridine rings is 4. The Balaban J connectivity index is 0.000000465. The highest BCUT2D eigenvalue weighted by Crippen LogP contribution is 2.03. The summed E-state index contributed by atoms with van der Waals surface area (Å²) in [6, 6.07) is 15.4. The van der Waals surface area contributed by atoms with Crippen molar-refractivity contribution in [1.82, 2.24) is 19.9 Å². The Kier molecular flexibility index (Phi) is 17.3. The molecule has 0 saturated carbocycles. The summed E-state index contributed by atoms with van der Waals surface area (Å²) in [6.07, 6.45) is 6.99. The lowest BCUT2D eigenvalue weighted by molar-refractivity contribution is 0.185. The fourth-order valence-electron chi connectivity index (χ4n) is 2.86. The molecule has 0 bridgehead atoms. The lowest BCUT2D eigenvalue weighted by Crippen LogP contribution is -1.92. The fourth-order valence-corrected chi connectivity index (χ4v) is 2.86. The summed E-state index contributed by atoms with van der Waals surface area (Å²) >= 11 is 0. The molecule has 4 N–H and O–H groups in total. The third kappa shape index (κ3) is 16.4. The van der Waals surface area contributed by atoms with Crippen LogP contribution >= 0.6 is 0 Å². The molecule has 200 valence electrons. The van der Waals surface area contributed by atoms with Gasteiger partial charge in [-0.15, -0.1) is 0 Å². The van der Waals surface area contributed by atoms with Gasteiger partial charge in [-0.1, -0.05) is 7.43 Å². The zero-order valence-corrected chi connectivity index (χ0v) is 22.1. The van der Waals surface area contributed by atoms with E-state index in [2.05, 4.69) is 32.9 Å². The van der Waals surface area contributed by atoms with E-state index in [1.54, 1.807) is 38.9 Å². The highest BCUT2D eigenvalue weighted by molar-refractivity contribution is 5.31. The van der Waals surface area contributed by atoms with E-state index in [1.807, 2.05) is 63.4 Å². The van der Waals surface area contributed by atoms with Crippen LogP contribution in [-0.4, -0.2) is 34.2 Å². The maximum atomic E-state index is 5.42. The van der Waals surface area contributed by atoms with Crippen LogP contribution in [-0.2, 0) is 22.7 Å². The van der Waals surface area contributed by atoms with E-state index in [9.17, 15) is 0 Å². The number of aromatic nitrogens is 4. The van der Waals surface area contributed by atoms with Gasteiger partial charge < -0.3 is 20.9 Å². The van der Waals surface area contributed by atoms with E-state index in [0.717, 1.165) is 22.5 Å². The van der Waals surface area contributed by atoms with Crippen LogP contribution in [0.4, 0.5) is 11.6 Å². The number of anilines is 2. The number of hydrogen-bond acceptors (Lipinski definition) is 8. The smallest absolute Gasteiger partial charge is 0.123 e. The Morgan fingerprint density at radius 3 is 1.32 bits per heavy atom. The summed E-state index contributed by atoms with van der Waals surface area (Å²) in [5.74, 6) is 1.12. The maximum absolute atomic E-state index is 5.42. The number of nitrogens with two attached hydrogens (primary N) is 2. The van der Waals surface area contributed by atoms with Crippen LogP contribution in [0.1, 0.15) is 41.1 Å². The first kappa shape index (κ1) is 33.1. The molecule has 4 heterocycles. The van der Waals surface area contributed by atoms with Crippen molar-refractivity contribution in [2.45, 2.75) is 48.3 Å².